The van der Waals surface area contributed by atoms with Crippen LogP contribution in [0.1, 0.15) is 33.3 Å². The number of aromatic hydroxyl groups is 1. The molecule has 1 aliphatic rings. The van der Waals surface area contributed by atoms with Crippen molar-refractivity contribution in [1.82, 2.24) is 4.98 Å². The van der Waals surface area contributed by atoms with Crippen LogP contribution in [0.5, 0.6) is 11.5 Å². The van der Waals surface area contributed by atoms with Crippen LogP contribution in [-0.2, 0) is 0 Å². The molecule has 4 aromatic rings. The number of carbonyl (C=O) groups is 1. The van der Waals surface area contributed by atoms with Gasteiger partial charge in [0, 0.05) is 6.20 Å². The van der Waals surface area contributed by atoms with Crippen LogP contribution in [0.15, 0.2) is 68.4 Å². The zero-order chi connectivity index (χ0) is 22.6. The number of methoxy groups -OCH3 is 1. The van der Waals surface area contributed by atoms with E-state index in [0.717, 1.165) is 5.56 Å². The van der Waals surface area contributed by atoms with Gasteiger partial charge in [0.05, 0.1) is 28.6 Å². The molecule has 0 saturated heterocycles. The van der Waals surface area contributed by atoms with Gasteiger partial charge >= 0.3 is 0 Å². The number of hydrogen-bond donors (Lipinski definition) is 1. The van der Waals surface area contributed by atoms with Gasteiger partial charge in [-0.15, -0.1) is 0 Å². The Morgan fingerprint density at radius 1 is 1.16 bits per heavy atom. The second kappa shape index (κ2) is 7.49. The minimum absolute atomic E-state index is 0.0230. The number of nitrogens with zero attached hydrogens (tertiary/aromatic N) is 2. The van der Waals surface area contributed by atoms with Crippen LogP contribution in [0.3, 0.4) is 0 Å². The van der Waals surface area contributed by atoms with Crippen LogP contribution in [0.2, 0.25) is 0 Å². The predicted molar refractivity (Wildman–Crippen MR) is 122 cm³/mol. The predicted octanol–water partition coefficient (Wildman–Crippen LogP) is 4.72. The van der Waals surface area contributed by atoms with Gasteiger partial charge in [-0.1, -0.05) is 12.1 Å². The molecule has 2 aromatic carbocycles. The van der Waals surface area contributed by atoms with Crippen molar-refractivity contribution < 1.29 is 19.1 Å². The highest BCUT2D eigenvalue weighted by Crippen LogP contribution is 2.44. The zero-order valence-corrected chi connectivity index (χ0v) is 18.7. The van der Waals surface area contributed by atoms with Gasteiger partial charge in [0.1, 0.15) is 11.4 Å². The summed E-state index contributed by atoms with van der Waals surface area (Å²) >= 11 is 3.34. The molecule has 8 heteroatoms. The fourth-order valence-corrected chi connectivity index (χ4v) is 4.49. The normalized spacial score (nSPS) is 15.3. The van der Waals surface area contributed by atoms with E-state index in [9.17, 15) is 14.7 Å². The Morgan fingerprint density at radius 2 is 1.94 bits per heavy atom. The van der Waals surface area contributed by atoms with Crippen molar-refractivity contribution in [1.29, 1.82) is 0 Å². The van der Waals surface area contributed by atoms with Crippen LogP contribution in [0.25, 0.3) is 11.0 Å². The molecule has 32 heavy (non-hydrogen) atoms. The third-order valence-electron chi connectivity index (χ3n) is 5.51. The number of aromatic nitrogens is 1. The Bertz CT molecular complexity index is 1460. The minimum Gasteiger partial charge on any atom is -0.503 e. The summed E-state index contributed by atoms with van der Waals surface area (Å²) < 4.78 is 11.6. The topological polar surface area (TPSA) is 92.9 Å². The molecular weight excluding hydrogens is 476 g/mol. The van der Waals surface area contributed by atoms with E-state index in [2.05, 4.69) is 20.9 Å². The molecular formula is C24H17BrN2O5. The van der Waals surface area contributed by atoms with E-state index in [0.29, 0.717) is 26.8 Å². The molecule has 1 N–H and O–H groups in total. The largest absolute Gasteiger partial charge is 0.503 e. The van der Waals surface area contributed by atoms with E-state index in [-0.39, 0.29) is 28.3 Å². The third kappa shape index (κ3) is 2.98. The molecule has 5 rings (SSSR count). The van der Waals surface area contributed by atoms with Crippen LogP contribution in [0.4, 0.5) is 5.82 Å². The highest BCUT2D eigenvalue weighted by Gasteiger charge is 2.44. The number of aryl methyl sites for hydroxylation is 1. The number of para-hydroxylation sites is 1. The number of amides is 1. The summed E-state index contributed by atoms with van der Waals surface area (Å²) in [5.74, 6) is 0.0292. The van der Waals surface area contributed by atoms with Gasteiger partial charge in [0.15, 0.2) is 16.9 Å². The maximum Gasteiger partial charge on any atom is 0.296 e. The van der Waals surface area contributed by atoms with Gasteiger partial charge in [0.25, 0.3) is 5.91 Å². The number of halogens is 1. The first kappa shape index (κ1) is 20.3. The first-order valence-electron chi connectivity index (χ1n) is 9.79. The summed E-state index contributed by atoms with van der Waals surface area (Å²) in [5, 5.41) is 10.7. The lowest BCUT2D eigenvalue weighted by atomic mass is 9.98. The van der Waals surface area contributed by atoms with E-state index < -0.39 is 11.9 Å². The van der Waals surface area contributed by atoms with Gasteiger partial charge in [0.2, 0.25) is 5.76 Å². The number of hydrogen-bond acceptors (Lipinski definition) is 6. The van der Waals surface area contributed by atoms with Crippen molar-refractivity contribution in [2.24, 2.45) is 0 Å². The summed E-state index contributed by atoms with van der Waals surface area (Å²) in [6, 6.07) is 12.9. The fourth-order valence-electron chi connectivity index (χ4n) is 4.03. The molecule has 1 aliphatic heterocycles. The van der Waals surface area contributed by atoms with Crippen LogP contribution in [-0.4, -0.2) is 23.1 Å². The quantitative estimate of drug-likeness (QED) is 0.444. The third-order valence-corrected chi connectivity index (χ3v) is 6.12. The number of ether oxygens (including phenoxy) is 1. The minimum atomic E-state index is -0.821. The first-order valence-corrected chi connectivity index (χ1v) is 10.6. The lowest BCUT2D eigenvalue weighted by Crippen LogP contribution is -2.30. The zero-order valence-electron chi connectivity index (χ0n) is 17.1. The van der Waals surface area contributed by atoms with E-state index in [1.165, 1.54) is 12.0 Å². The van der Waals surface area contributed by atoms with Crippen molar-refractivity contribution in [3.63, 3.8) is 0 Å². The molecule has 0 saturated carbocycles. The Morgan fingerprint density at radius 3 is 2.69 bits per heavy atom. The number of benzene rings is 2. The average Bonchev–Trinajstić information content (AvgIpc) is 3.08. The van der Waals surface area contributed by atoms with E-state index >= 15 is 0 Å². The molecule has 3 heterocycles. The molecule has 7 nitrogen and oxygen atoms in total. The van der Waals surface area contributed by atoms with Crippen LogP contribution >= 0.6 is 15.9 Å². The first-order chi connectivity index (χ1) is 15.4. The summed E-state index contributed by atoms with van der Waals surface area (Å²) in [4.78, 5) is 32.9. The molecule has 0 fully saturated rings. The monoisotopic (exact) mass is 492 g/mol. The fraction of sp³-hybridized carbons (Fsp3) is 0.125. The van der Waals surface area contributed by atoms with Crippen molar-refractivity contribution in [3.8, 4) is 11.5 Å². The Hall–Kier alpha value is -3.65. The molecule has 0 bridgehead atoms. The molecule has 160 valence electrons. The van der Waals surface area contributed by atoms with Gasteiger partial charge in [-0.25, -0.2) is 4.98 Å². The highest BCUT2D eigenvalue weighted by atomic mass is 79.9. The van der Waals surface area contributed by atoms with Crippen molar-refractivity contribution in [2.75, 3.05) is 12.0 Å². The molecule has 1 amide bonds. The number of carbonyl (C=O) groups excluding carboxylic acids is 1. The Labute approximate surface area is 191 Å². The Kier molecular flexibility index (Phi) is 4.74. The van der Waals surface area contributed by atoms with Crippen molar-refractivity contribution in [2.45, 2.75) is 13.0 Å². The number of phenols is 1. The summed E-state index contributed by atoms with van der Waals surface area (Å²) in [6.45, 7) is 1.89. The second-order valence-corrected chi connectivity index (χ2v) is 8.35. The van der Waals surface area contributed by atoms with Crippen LogP contribution in [0, 0.1) is 6.92 Å². The molecule has 2 aromatic heterocycles. The van der Waals surface area contributed by atoms with Gasteiger partial charge in [-0.3, -0.25) is 14.5 Å². The molecule has 0 unspecified atom stereocenters. The number of rotatable bonds is 3. The van der Waals surface area contributed by atoms with Gasteiger partial charge in [-0.2, -0.15) is 0 Å². The number of anilines is 1. The molecule has 0 radical (unpaired) electrons. The van der Waals surface area contributed by atoms with Crippen molar-refractivity contribution in [3.05, 3.63) is 91.9 Å². The van der Waals surface area contributed by atoms with Gasteiger partial charge in [-0.05, 0) is 70.4 Å². The molecule has 1 atom stereocenters. The number of pyridine rings is 1. The lowest BCUT2D eigenvalue weighted by Gasteiger charge is -2.25. The maximum absolute atomic E-state index is 13.6. The summed E-state index contributed by atoms with van der Waals surface area (Å²) in [6.07, 6.45) is 1.61. The van der Waals surface area contributed by atoms with Crippen LogP contribution < -0.4 is 15.1 Å². The average molecular weight is 493 g/mol. The lowest BCUT2D eigenvalue weighted by molar-refractivity contribution is 0.0970. The smallest absolute Gasteiger partial charge is 0.296 e. The molecule has 0 aliphatic carbocycles. The highest BCUT2D eigenvalue weighted by molar-refractivity contribution is 9.10. The van der Waals surface area contributed by atoms with E-state index in [1.807, 2.05) is 13.0 Å². The van der Waals surface area contributed by atoms with E-state index in [1.54, 1.807) is 48.7 Å². The van der Waals surface area contributed by atoms with Gasteiger partial charge < -0.3 is 14.3 Å². The summed E-state index contributed by atoms with van der Waals surface area (Å²) in [7, 11) is 1.43. The van der Waals surface area contributed by atoms with E-state index in [4.69, 9.17) is 9.15 Å². The summed E-state index contributed by atoms with van der Waals surface area (Å²) in [5.41, 5.74) is 1.73. The second-order valence-electron chi connectivity index (χ2n) is 7.49. The Balaban J connectivity index is 1.85. The number of phenolic OH excluding ortho intramolecular Hbond substituents is 1. The number of fused-ring (bicyclic) bond motifs is 2. The SMILES string of the molecule is COc1cc([C@H]2c3c(oc4ccccc4c3=O)C(=O)N2c2cc(C)ccn2)cc(Br)c1O. The maximum atomic E-state index is 13.6. The van der Waals surface area contributed by atoms with Crippen molar-refractivity contribution >= 4 is 38.6 Å². The standard InChI is InChI=1S/C24H17BrN2O5/c1-12-7-8-26-18(9-12)27-20(13-10-15(25)22(29)17(11-13)31-2)19-21(28)14-5-3-4-6-16(14)32-23(19)24(27)30/h3-11,20,29H,1-2H3/t20-/m0/s1. The molecule has 0 spiro atoms.